The first-order chi connectivity index (χ1) is 13.3. The number of benzene rings is 3. The average molecular weight is 418 g/mol. The number of hydrogen-bond donors (Lipinski definition) is 1. The van der Waals surface area contributed by atoms with Crippen LogP contribution >= 0.6 is 11.6 Å². The van der Waals surface area contributed by atoms with E-state index in [1.807, 2.05) is 13.0 Å². The van der Waals surface area contributed by atoms with Gasteiger partial charge in [-0.25, -0.2) is 8.42 Å². The SMILES string of the molecule is COc1ccc(Oc2ccc(Cl)cc2NS(=O)(=O)c2cc(C)ccc2C)cc1. The molecule has 146 valence electrons. The van der Waals surface area contributed by atoms with Crippen LogP contribution in [0.5, 0.6) is 17.2 Å². The second kappa shape index (κ2) is 8.12. The first-order valence-corrected chi connectivity index (χ1v) is 10.4. The highest BCUT2D eigenvalue weighted by Gasteiger charge is 2.20. The van der Waals surface area contributed by atoms with Gasteiger partial charge >= 0.3 is 0 Å². The smallest absolute Gasteiger partial charge is 0.262 e. The van der Waals surface area contributed by atoms with Crippen LogP contribution in [-0.2, 0) is 10.0 Å². The molecule has 0 aromatic heterocycles. The summed E-state index contributed by atoms with van der Waals surface area (Å²) < 4.78 is 39.5. The number of nitrogens with one attached hydrogen (secondary N) is 1. The molecule has 0 aliphatic heterocycles. The third-order valence-electron chi connectivity index (χ3n) is 4.11. The summed E-state index contributed by atoms with van der Waals surface area (Å²) in [6, 6.07) is 17.0. The van der Waals surface area contributed by atoms with Crippen molar-refractivity contribution in [2.45, 2.75) is 18.7 Å². The summed E-state index contributed by atoms with van der Waals surface area (Å²) in [6.45, 7) is 3.59. The van der Waals surface area contributed by atoms with Crippen molar-refractivity contribution in [3.8, 4) is 17.2 Å². The van der Waals surface area contributed by atoms with E-state index in [1.165, 1.54) is 6.07 Å². The third-order valence-corrected chi connectivity index (χ3v) is 5.85. The molecule has 0 bridgehead atoms. The van der Waals surface area contributed by atoms with Gasteiger partial charge < -0.3 is 9.47 Å². The van der Waals surface area contributed by atoms with Crippen LogP contribution < -0.4 is 14.2 Å². The maximum Gasteiger partial charge on any atom is 0.262 e. The lowest BCUT2D eigenvalue weighted by atomic mass is 10.2. The number of anilines is 1. The van der Waals surface area contributed by atoms with Crippen LogP contribution in [0.15, 0.2) is 65.6 Å². The Bertz CT molecular complexity index is 1100. The molecule has 0 radical (unpaired) electrons. The van der Waals surface area contributed by atoms with Gasteiger partial charge in [0.2, 0.25) is 0 Å². The van der Waals surface area contributed by atoms with E-state index in [9.17, 15) is 8.42 Å². The predicted octanol–water partition coefficient (Wildman–Crippen LogP) is 5.56. The average Bonchev–Trinajstić information content (AvgIpc) is 2.66. The molecule has 0 amide bonds. The van der Waals surface area contributed by atoms with Gasteiger partial charge in [0, 0.05) is 5.02 Å². The first-order valence-electron chi connectivity index (χ1n) is 8.50. The van der Waals surface area contributed by atoms with E-state index in [0.29, 0.717) is 27.8 Å². The molecule has 0 heterocycles. The zero-order chi connectivity index (χ0) is 20.3. The second-order valence-electron chi connectivity index (χ2n) is 6.29. The Hall–Kier alpha value is -2.70. The van der Waals surface area contributed by atoms with Crippen LogP contribution in [0.2, 0.25) is 5.02 Å². The molecule has 0 unspecified atom stereocenters. The van der Waals surface area contributed by atoms with Gasteiger partial charge in [-0.3, -0.25) is 4.72 Å². The quantitative estimate of drug-likeness (QED) is 0.570. The first kappa shape index (κ1) is 20.0. The molecule has 3 aromatic rings. The molecule has 0 fully saturated rings. The van der Waals surface area contributed by atoms with E-state index in [4.69, 9.17) is 21.1 Å². The highest BCUT2D eigenvalue weighted by atomic mass is 35.5. The van der Waals surface area contributed by atoms with Crippen LogP contribution in [0.3, 0.4) is 0 Å². The molecule has 5 nitrogen and oxygen atoms in total. The van der Waals surface area contributed by atoms with Crippen molar-refractivity contribution in [1.29, 1.82) is 0 Å². The largest absolute Gasteiger partial charge is 0.497 e. The minimum atomic E-state index is -3.82. The predicted molar refractivity (Wildman–Crippen MR) is 111 cm³/mol. The van der Waals surface area contributed by atoms with E-state index in [2.05, 4.69) is 4.72 Å². The molecule has 0 saturated heterocycles. The van der Waals surface area contributed by atoms with Crippen molar-refractivity contribution in [2.24, 2.45) is 0 Å². The number of aryl methyl sites for hydroxylation is 2. The van der Waals surface area contributed by atoms with Crippen molar-refractivity contribution in [1.82, 2.24) is 0 Å². The van der Waals surface area contributed by atoms with E-state index in [1.54, 1.807) is 62.6 Å². The van der Waals surface area contributed by atoms with Crippen LogP contribution in [0, 0.1) is 13.8 Å². The molecule has 7 heteroatoms. The van der Waals surface area contributed by atoms with Crippen molar-refractivity contribution in [2.75, 3.05) is 11.8 Å². The fourth-order valence-corrected chi connectivity index (χ4v) is 4.20. The van der Waals surface area contributed by atoms with Gasteiger partial charge in [0.15, 0.2) is 5.75 Å². The Morgan fingerprint density at radius 3 is 2.25 bits per heavy atom. The lowest BCUT2D eigenvalue weighted by Crippen LogP contribution is -2.15. The fraction of sp³-hybridized carbons (Fsp3) is 0.143. The van der Waals surface area contributed by atoms with Crippen molar-refractivity contribution in [3.63, 3.8) is 0 Å². The Labute approximate surface area is 169 Å². The normalized spacial score (nSPS) is 11.1. The van der Waals surface area contributed by atoms with Crippen molar-refractivity contribution >= 4 is 27.3 Å². The van der Waals surface area contributed by atoms with Crippen LogP contribution in [0.1, 0.15) is 11.1 Å². The Morgan fingerprint density at radius 1 is 0.893 bits per heavy atom. The molecule has 28 heavy (non-hydrogen) atoms. The van der Waals surface area contributed by atoms with Crippen molar-refractivity contribution < 1.29 is 17.9 Å². The maximum atomic E-state index is 12.9. The Balaban J connectivity index is 1.95. The summed E-state index contributed by atoms with van der Waals surface area (Å²) in [7, 11) is -2.24. The fourth-order valence-electron chi connectivity index (χ4n) is 2.64. The molecule has 0 saturated carbocycles. The summed E-state index contributed by atoms with van der Waals surface area (Å²) in [4.78, 5) is 0.211. The van der Waals surface area contributed by atoms with E-state index in [-0.39, 0.29) is 10.6 Å². The molecule has 1 N–H and O–H groups in total. The topological polar surface area (TPSA) is 64.6 Å². The van der Waals surface area contributed by atoms with E-state index in [0.717, 1.165) is 5.56 Å². The van der Waals surface area contributed by atoms with Gasteiger partial charge in [0.1, 0.15) is 11.5 Å². The lowest BCUT2D eigenvalue weighted by Gasteiger charge is -2.15. The van der Waals surface area contributed by atoms with Crippen LogP contribution in [0.25, 0.3) is 0 Å². The van der Waals surface area contributed by atoms with Gasteiger partial charge in [-0.05, 0) is 73.5 Å². The van der Waals surface area contributed by atoms with Gasteiger partial charge in [-0.2, -0.15) is 0 Å². The standard InChI is InChI=1S/C21H20ClNO4S/c1-14-4-5-15(2)21(12-14)28(24,25)23-19-13-16(22)6-11-20(19)27-18-9-7-17(26-3)8-10-18/h4-13,23H,1-3H3. The minimum absolute atomic E-state index is 0.211. The van der Waals surface area contributed by atoms with E-state index < -0.39 is 10.0 Å². The summed E-state index contributed by atoms with van der Waals surface area (Å²) in [5.74, 6) is 1.57. The second-order valence-corrected chi connectivity index (χ2v) is 8.38. The number of sulfonamides is 1. The Kier molecular flexibility index (Phi) is 5.82. The lowest BCUT2D eigenvalue weighted by molar-refractivity contribution is 0.413. The number of hydrogen-bond acceptors (Lipinski definition) is 4. The monoisotopic (exact) mass is 417 g/mol. The summed E-state index contributed by atoms with van der Waals surface area (Å²) in [5, 5.41) is 0.390. The molecular weight excluding hydrogens is 398 g/mol. The number of methoxy groups -OCH3 is 1. The maximum absolute atomic E-state index is 12.9. The molecule has 3 aromatic carbocycles. The summed E-state index contributed by atoms with van der Waals surface area (Å²) in [5.41, 5.74) is 1.76. The number of halogens is 1. The van der Waals surface area contributed by atoms with Crippen molar-refractivity contribution in [3.05, 3.63) is 76.8 Å². The number of rotatable bonds is 6. The highest BCUT2D eigenvalue weighted by Crippen LogP contribution is 2.34. The molecule has 0 aliphatic carbocycles. The van der Waals surface area contributed by atoms with Crippen LogP contribution in [-0.4, -0.2) is 15.5 Å². The van der Waals surface area contributed by atoms with Gasteiger partial charge in [-0.1, -0.05) is 23.7 Å². The van der Waals surface area contributed by atoms with E-state index >= 15 is 0 Å². The zero-order valence-corrected chi connectivity index (χ0v) is 17.3. The highest BCUT2D eigenvalue weighted by molar-refractivity contribution is 7.92. The molecule has 0 spiro atoms. The summed E-state index contributed by atoms with van der Waals surface area (Å²) >= 11 is 6.08. The van der Waals surface area contributed by atoms with Gasteiger partial charge in [0.05, 0.1) is 17.7 Å². The third kappa shape index (κ3) is 4.58. The molecular formula is C21H20ClNO4S. The van der Waals surface area contributed by atoms with Gasteiger partial charge in [0.25, 0.3) is 10.0 Å². The Morgan fingerprint density at radius 2 is 1.57 bits per heavy atom. The molecule has 0 aliphatic rings. The zero-order valence-electron chi connectivity index (χ0n) is 15.7. The summed E-state index contributed by atoms with van der Waals surface area (Å²) in [6.07, 6.45) is 0. The molecule has 3 rings (SSSR count). The molecule has 0 atom stereocenters. The minimum Gasteiger partial charge on any atom is -0.497 e. The number of ether oxygens (including phenoxy) is 2. The van der Waals surface area contributed by atoms with Gasteiger partial charge in [-0.15, -0.1) is 0 Å². The van der Waals surface area contributed by atoms with Crippen LogP contribution in [0.4, 0.5) is 5.69 Å².